The second kappa shape index (κ2) is 7.21. The molecule has 1 heterocycles. The molecule has 1 aromatic carbocycles. The van der Waals surface area contributed by atoms with Gasteiger partial charge in [-0.2, -0.15) is 0 Å². The number of carbonyl (C=O) groups is 2. The van der Waals surface area contributed by atoms with Crippen LogP contribution in [0.25, 0.3) is 0 Å². The summed E-state index contributed by atoms with van der Waals surface area (Å²) in [6.45, 7) is 2.81. The van der Waals surface area contributed by atoms with Gasteiger partial charge in [-0.05, 0) is 37.0 Å². The maximum atomic E-state index is 12.6. The summed E-state index contributed by atoms with van der Waals surface area (Å²) in [6.07, 6.45) is 2.03. The van der Waals surface area contributed by atoms with Crippen molar-refractivity contribution in [2.24, 2.45) is 5.41 Å². The second-order valence-electron chi connectivity index (χ2n) is 6.34. The van der Waals surface area contributed by atoms with Gasteiger partial charge in [0.2, 0.25) is 11.8 Å². The number of amides is 2. The zero-order valence-electron chi connectivity index (χ0n) is 14.0. The minimum absolute atomic E-state index is 0.0345. The number of ether oxygens (including phenoxy) is 2. The Morgan fingerprint density at radius 1 is 1.21 bits per heavy atom. The molecule has 2 aliphatic rings. The van der Waals surface area contributed by atoms with Gasteiger partial charge in [0.05, 0.1) is 20.3 Å². The number of benzene rings is 1. The number of methoxy groups -OCH3 is 1. The predicted molar refractivity (Wildman–Crippen MR) is 88.8 cm³/mol. The van der Waals surface area contributed by atoms with Crippen molar-refractivity contribution in [3.63, 3.8) is 0 Å². The Bertz CT molecular complexity index is 590. The van der Waals surface area contributed by atoms with Crippen LogP contribution in [0.4, 0.5) is 0 Å². The Kier molecular flexibility index (Phi) is 5.04. The Morgan fingerprint density at radius 2 is 1.88 bits per heavy atom. The maximum absolute atomic E-state index is 12.6. The van der Waals surface area contributed by atoms with E-state index in [0.717, 1.165) is 17.7 Å². The SMILES string of the molecule is COc1ccc(CCNC(=O)C2(C(=O)N3CCOCC3)CC2)cc1. The molecule has 1 aliphatic heterocycles. The first-order valence-electron chi connectivity index (χ1n) is 8.44. The molecule has 0 atom stereocenters. The Hall–Kier alpha value is -2.08. The summed E-state index contributed by atoms with van der Waals surface area (Å²) in [5, 5.41) is 2.93. The van der Waals surface area contributed by atoms with Gasteiger partial charge in [0, 0.05) is 19.6 Å². The molecule has 1 aliphatic carbocycles. The average molecular weight is 332 g/mol. The summed E-state index contributed by atoms with van der Waals surface area (Å²) in [7, 11) is 1.63. The lowest BCUT2D eigenvalue weighted by Crippen LogP contribution is -2.49. The number of nitrogens with one attached hydrogen (secondary N) is 1. The van der Waals surface area contributed by atoms with Crippen molar-refractivity contribution in [2.45, 2.75) is 19.3 Å². The largest absolute Gasteiger partial charge is 0.497 e. The number of hydrogen-bond donors (Lipinski definition) is 1. The first kappa shape index (κ1) is 16.8. The van der Waals surface area contributed by atoms with Crippen LogP contribution >= 0.6 is 0 Å². The Labute approximate surface area is 142 Å². The van der Waals surface area contributed by atoms with E-state index < -0.39 is 5.41 Å². The van der Waals surface area contributed by atoms with Crippen molar-refractivity contribution in [3.05, 3.63) is 29.8 Å². The van der Waals surface area contributed by atoms with Crippen LogP contribution in [0.1, 0.15) is 18.4 Å². The van der Waals surface area contributed by atoms with Gasteiger partial charge in [0.25, 0.3) is 0 Å². The fourth-order valence-electron chi connectivity index (χ4n) is 3.01. The van der Waals surface area contributed by atoms with E-state index in [0.29, 0.717) is 45.7 Å². The molecular weight excluding hydrogens is 308 g/mol. The molecule has 24 heavy (non-hydrogen) atoms. The zero-order chi connectivity index (χ0) is 17.0. The van der Waals surface area contributed by atoms with Crippen molar-refractivity contribution in [3.8, 4) is 5.75 Å². The van der Waals surface area contributed by atoms with Crippen LogP contribution in [-0.2, 0) is 20.7 Å². The Balaban J connectivity index is 1.49. The van der Waals surface area contributed by atoms with E-state index in [1.807, 2.05) is 24.3 Å². The highest BCUT2D eigenvalue weighted by Crippen LogP contribution is 2.47. The number of nitrogens with zero attached hydrogens (tertiary/aromatic N) is 1. The summed E-state index contributed by atoms with van der Waals surface area (Å²) in [6, 6.07) is 7.77. The molecule has 1 aromatic rings. The normalized spacial score (nSPS) is 18.8. The topological polar surface area (TPSA) is 67.9 Å². The molecule has 0 aromatic heterocycles. The highest BCUT2D eigenvalue weighted by atomic mass is 16.5. The van der Waals surface area contributed by atoms with Crippen molar-refractivity contribution < 1.29 is 19.1 Å². The first-order valence-corrected chi connectivity index (χ1v) is 8.44. The quantitative estimate of drug-likeness (QED) is 0.789. The Morgan fingerprint density at radius 3 is 2.46 bits per heavy atom. The van der Waals surface area contributed by atoms with Gasteiger partial charge in [-0.3, -0.25) is 9.59 Å². The van der Waals surface area contributed by atoms with Crippen LogP contribution in [0.2, 0.25) is 0 Å². The van der Waals surface area contributed by atoms with Gasteiger partial charge in [0.15, 0.2) is 0 Å². The molecule has 1 saturated heterocycles. The number of carbonyl (C=O) groups excluding carboxylic acids is 2. The van der Waals surface area contributed by atoms with Gasteiger partial charge in [0.1, 0.15) is 11.2 Å². The molecule has 0 bridgehead atoms. The van der Waals surface area contributed by atoms with Crippen LogP contribution in [0.3, 0.4) is 0 Å². The molecule has 0 radical (unpaired) electrons. The fraction of sp³-hybridized carbons (Fsp3) is 0.556. The summed E-state index contributed by atoms with van der Waals surface area (Å²) in [5.41, 5.74) is 0.303. The van der Waals surface area contributed by atoms with E-state index >= 15 is 0 Å². The molecule has 0 unspecified atom stereocenters. The lowest BCUT2D eigenvalue weighted by atomic mass is 10.0. The molecule has 2 fully saturated rings. The lowest BCUT2D eigenvalue weighted by Gasteiger charge is -2.30. The molecular formula is C18H24N2O4. The standard InChI is InChI=1S/C18H24N2O4/c1-23-15-4-2-14(3-5-15)6-9-19-16(21)18(7-8-18)17(22)20-10-12-24-13-11-20/h2-5H,6-13H2,1H3,(H,19,21). The second-order valence-corrected chi connectivity index (χ2v) is 6.34. The van der Waals surface area contributed by atoms with Gasteiger partial charge >= 0.3 is 0 Å². The van der Waals surface area contributed by atoms with Crippen LogP contribution in [-0.4, -0.2) is 56.7 Å². The maximum Gasteiger partial charge on any atom is 0.238 e. The van der Waals surface area contributed by atoms with Crippen molar-refractivity contribution >= 4 is 11.8 Å². The van der Waals surface area contributed by atoms with Gasteiger partial charge in [-0.25, -0.2) is 0 Å². The molecule has 6 nitrogen and oxygen atoms in total. The van der Waals surface area contributed by atoms with Gasteiger partial charge in [-0.15, -0.1) is 0 Å². The van der Waals surface area contributed by atoms with Crippen LogP contribution in [0, 0.1) is 5.41 Å². The summed E-state index contributed by atoms with van der Waals surface area (Å²) >= 11 is 0. The summed E-state index contributed by atoms with van der Waals surface area (Å²) in [4.78, 5) is 26.9. The number of rotatable bonds is 6. The fourth-order valence-corrected chi connectivity index (χ4v) is 3.01. The van der Waals surface area contributed by atoms with Crippen LogP contribution in [0.15, 0.2) is 24.3 Å². The van der Waals surface area contributed by atoms with E-state index in [2.05, 4.69) is 5.32 Å². The third-order valence-electron chi connectivity index (χ3n) is 4.75. The summed E-state index contributed by atoms with van der Waals surface area (Å²) < 4.78 is 10.4. The smallest absolute Gasteiger partial charge is 0.238 e. The molecule has 1 saturated carbocycles. The van der Waals surface area contributed by atoms with E-state index in [-0.39, 0.29) is 11.8 Å². The predicted octanol–water partition coefficient (Wildman–Crippen LogP) is 0.993. The zero-order valence-corrected chi connectivity index (χ0v) is 14.0. The van der Waals surface area contributed by atoms with Crippen LogP contribution in [0.5, 0.6) is 5.75 Å². The molecule has 130 valence electrons. The van der Waals surface area contributed by atoms with Crippen molar-refractivity contribution in [1.29, 1.82) is 0 Å². The van der Waals surface area contributed by atoms with E-state index in [1.165, 1.54) is 0 Å². The highest BCUT2D eigenvalue weighted by Gasteiger charge is 2.57. The van der Waals surface area contributed by atoms with Crippen molar-refractivity contribution in [1.82, 2.24) is 10.2 Å². The number of morpholine rings is 1. The monoisotopic (exact) mass is 332 g/mol. The number of hydrogen-bond acceptors (Lipinski definition) is 4. The first-order chi connectivity index (χ1) is 11.7. The van der Waals surface area contributed by atoms with E-state index in [1.54, 1.807) is 12.0 Å². The average Bonchev–Trinajstić information content (AvgIpc) is 3.44. The summed E-state index contributed by atoms with van der Waals surface area (Å²) in [5.74, 6) is 0.649. The van der Waals surface area contributed by atoms with E-state index in [4.69, 9.17) is 9.47 Å². The molecule has 3 rings (SSSR count). The molecule has 6 heteroatoms. The molecule has 0 spiro atoms. The highest BCUT2D eigenvalue weighted by molar-refractivity contribution is 6.07. The van der Waals surface area contributed by atoms with Crippen molar-refractivity contribution in [2.75, 3.05) is 40.0 Å². The van der Waals surface area contributed by atoms with Gasteiger partial charge in [-0.1, -0.05) is 12.1 Å². The van der Waals surface area contributed by atoms with Gasteiger partial charge < -0.3 is 19.7 Å². The third kappa shape index (κ3) is 3.53. The molecule has 2 amide bonds. The molecule has 1 N–H and O–H groups in total. The minimum atomic E-state index is -0.822. The van der Waals surface area contributed by atoms with E-state index in [9.17, 15) is 9.59 Å². The lowest BCUT2D eigenvalue weighted by molar-refractivity contribution is -0.147. The third-order valence-corrected chi connectivity index (χ3v) is 4.75. The minimum Gasteiger partial charge on any atom is -0.497 e. The van der Waals surface area contributed by atoms with Crippen LogP contribution < -0.4 is 10.1 Å².